The molecule has 0 unspecified atom stereocenters. The minimum Gasteiger partial charge on any atom is -0.338 e. The zero-order chi connectivity index (χ0) is 16.0. The van der Waals surface area contributed by atoms with Crippen LogP contribution >= 0.6 is 0 Å². The lowest BCUT2D eigenvalue weighted by molar-refractivity contribution is 0.0777. The molecule has 1 aromatic rings. The van der Waals surface area contributed by atoms with Gasteiger partial charge in [-0.2, -0.15) is 0 Å². The minimum atomic E-state index is -3.82. The molecule has 1 heterocycles. The summed E-state index contributed by atoms with van der Waals surface area (Å²) in [6.07, 6.45) is 0.950. The molecule has 1 saturated heterocycles. The summed E-state index contributed by atoms with van der Waals surface area (Å²) in [5, 5.41) is 5.19. The molecule has 0 aliphatic carbocycles. The number of rotatable bonds is 2. The third kappa shape index (κ3) is 3.27. The summed E-state index contributed by atoms with van der Waals surface area (Å²) in [6.45, 7) is 9.25. The third-order valence-corrected chi connectivity index (χ3v) is 5.06. The van der Waals surface area contributed by atoms with Crippen LogP contribution in [-0.2, 0) is 10.0 Å². The van der Waals surface area contributed by atoms with Crippen LogP contribution in [0, 0.1) is 19.3 Å². The SMILES string of the molecule is Cc1cc(S(N)(=O)=O)cc(C(=O)N2CCC(C)(C)C2)c1C. The van der Waals surface area contributed by atoms with Gasteiger partial charge in [0.15, 0.2) is 0 Å². The van der Waals surface area contributed by atoms with Crippen molar-refractivity contribution in [3.05, 3.63) is 28.8 Å². The van der Waals surface area contributed by atoms with E-state index in [9.17, 15) is 13.2 Å². The summed E-state index contributed by atoms with van der Waals surface area (Å²) in [7, 11) is -3.82. The van der Waals surface area contributed by atoms with E-state index in [-0.39, 0.29) is 16.2 Å². The van der Waals surface area contributed by atoms with Gasteiger partial charge in [0.05, 0.1) is 4.90 Å². The van der Waals surface area contributed by atoms with Crippen LogP contribution in [0.5, 0.6) is 0 Å². The predicted octanol–water partition coefficient (Wildman–Crippen LogP) is 1.82. The Labute approximate surface area is 126 Å². The van der Waals surface area contributed by atoms with Gasteiger partial charge in [-0.3, -0.25) is 4.79 Å². The maximum Gasteiger partial charge on any atom is 0.254 e. The number of likely N-dealkylation sites (tertiary alicyclic amines) is 1. The molecule has 1 aliphatic heterocycles. The van der Waals surface area contributed by atoms with Crippen molar-refractivity contribution in [1.82, 2.24) is 4.90 Å². The van der Waals surface area contributed by atoms with Gasteiger partial charge in [0.25, 0.3) is 5.91 Å². The zero-order valence-electron chi connectivity index (χ0n) is 12.9. The average Bonchev–Trinajstić information content (AvgIpc) is 2.71. The van der Waals surface area contributed by atoms with Gasteiger partial charge in [-0.15, -0.1) is 0 Å². The lowest BCUT2D eigenvalue weighted by Crippen LogP contribution is -2.31. The van der Waals surface area contributed by atoms with Crippen molar-refractivity contribution in [3.63, 3.8) is 0 Å². The summed E-state index contributed by atoms with van der Waals surface area (Å²) in [4.78, 5) is 14.5. The summed E-state index contributed by atoms with van der Waals surface area (Å²) in [5.41, 5.74) is 2.09. The lowest BCUT2D eigenvalue weighted by Gasteiger charge is -2.21. The Morgan fingerprint density at radius 3 is 2.38 bits per heavy atom. The number of sulfonamides is 1. The first-order chi connectivity index (χ1) is 9.51. The summed E-state index contributed by atoms with van der Waals surface area (Å²) >= 11 is 0. The third-order valence-electron chi connectivity index (χ3n) is 4.16. The van der Waals surface area contributed by atoms with Gasteiger partial charge in [0.1, 0.15) is 0 Å². The van der Waals surface area contributed by atoms with Crippen LogP contribution in [-0.4, -0.2) is 32.3 Å². The largest absolute Gasteiger partial charge is 0.338 e. The molecule has 1 aromatic carbocycles. The zero-order valence-corrected chi connectivity index (χ0v) is 13.8. The number of benzene rings is 1. The number of nitrogens with zero attached hydrogens (tertiary/aromatic N) is 1. The number of amides is 1. The monoisotopic (exact) mass is 310 g/mol. The molecular formula is C15H22N2O3S. The Morgan fingerprint density at radius 1 is 1.29 bits per heavy atom. The molecule has 1 amide bonds. The first-order valence-electron chi connectivity index (χ1n) is 6.95. The van der Waals surface area contributed by atoms with E-state index in [1.807, 2.05) is 6.92 Å². The van der Waals surface area contributed by atoms with E-state index in [2.05, 4.69) is 13.8 Å². The molecule has 0 atom stereocenters. The Hall–Kier alpha value is -1.40. The highest BCUT2D eigenvalue weighted by Gasteiger charge is 2.33. The van der Waals surface area contributed by atoms with Crippen LogP contribution in [0.25, 0.3) is 0 Å². The minimum absolute atomic E-state index is 0.00703. The molecule has 1 aliphatic rings. The van der Waals surface area contributed by atoms with E-state index in [0.29, 0.717) is 18.7 Å². The fraction of sp³-hybridized carbons (Fsp3) is 0.533. The van der Waals surface area contributed by atoms with Crippen LogP contribution in [0.1, 0.15) is 41.8 Å². The molecule has 2 rings (SSSR count). The fourth-order valence-electron chi connectivity index (χ4n) is 2.67. The lowest BCUT2D eigenvalue weighted by atomic mass is 9.93. The van der Waals surface area contributed by atoms with Gasteiger partial charge in [-0.25, -0.2) is 13.6 Å². The van der Waals surface area contributed by atoms with Crippen LogP contribution in [0.15, 0.2) is 17.0 Å². The number of hydrogen-bond donors (Lipinski definition) is 1. The van der Waals surface area contributed by atoms with E-state index in [1.165, 1.54) is 12.1 Å². The molecule has 0 radical (unpaired) electrons. The Bertz CT molecular complexity index is 693. The summed E-state index contributed by atoms with van der Waals surface area (Å²) < 4.78 is 23.1. The van der Waals surface area contributed by atoms with Crippen molar-refractivity contribution in [2.45, 2.75) is 39.0 Å². The summed E-state index contributed by atoms with van der Waals surface area (Å²) in [6, 6.07) is 2.90. The van der Waals surface area contributed by atoms with Gasteiger partial charge >= 0.3 is 0 Å². The number of nitrogens with two attached hydrogens (primary N) is 1. The van der Waals surface area contributed by atoms with E-state index in [0.717, 1.165) is 17.5 Å². The smallest absolute Gasteiger partial charge is 0.254 e. The maximum atomic E-state index is 12.7. The second-order valence-corrected chi connectivity index (χ2v) is 8.16. The Morgan fingerprint density at radius 2 is 1.90 bits per heavy atom. The molecule has 0 bridgehead atoms. The number of carbonyl (C=O) groups excluding carboxylic acids is 1. The predicted molar refractivity (Wildman–Crippen MR) is 81.6 cm³/mol. The van der Waals surface area contributed by atoms with E-state index in [4.69, 9.17) is 5.14 Å². The molecule has 0 spiro atoms. The molecular weight excluding hydrogens is 288 g/mol. The van der Waals surface area contributed by atoms with Crippen molar-refractivity contribution < 1.29 is 13.2 Å². The van der Waals surface area contributed by atoms with Gasteiger partial charge in [0, 0.05) is 18.7 Å². The molecule has 21 heavy (non-hydrogen) atoms. The maximum absolute atomic E-state index is 12.7. The topological polar surface area (TPSA) is 80.5 Å². The fourth-order valence-corrected chi connectivity index (χ4v) is 3.29. The van der Waals surface area contributed by atoms with Crippen molar-refractivity contribution in [1.29, 1.82) is 0 Å². The number of aryl methyl sites for hydroxylation is 1. The van der Waals surface area contributed by atoms with Crippen LogP contribution < -0.4 is 5.14 Å². The standard InChI is InChI=1S/C15H22N2O3S/c1-10-7-12(21(16,19)20)8-13(11(10)2)14(18)17-6-5-15(3,4)9-17/h7-8H,5-6,9H2,1-4H3,(H2,16,19,20). The van der Waals surface area contributed by atoms with Crippen molar-refractivity contribution >= 4 is 15.9 Å². The van der Waals surface area contributed by atoms with Crippen molar-refractivity contribution in [2.75, 3.05) is 13.1 Å². The normalized spacial score (nSPS) is 18.0. The molecule has 0 aromatic heterocycles. The molecule has 2 N–H and O–H groups in total. The first-order valence-corrected chi connectivity index (χ1v) is 8.49. The van der Waals surface area contributed by atoms with E-state index in [1.54, 1.807) is 11.8 Å². The van der Waals surface area contributed by atoms with Crippen molar-refractivity contribution in [3.8, 4) is 0 Å². The Balaban J connectivity index is 2.44. The van der Waals surface area contributed by atoms with Gasteiger partial charge in [0.2, 0.25) is 10.0 Å². The second kappa shape index (κ2) is 5.10. The molecule has 5 nitrogen and oxygen atoms in total. The summed E-state index contributed by atoms with van der Waals surface area (Å²) in [5.74, 6) is -0.119. The van der Waals surface area contributed by atoms with Crippen LogP contribution in [0.4, 0.5) is 0 Å². The molecule has 0 saturated carbocycles. The number of hydrogen-bond acceptors (Lipinski definition) is 3. The average molecular weight is 310 g/mol. The van der Waals surface area contributed by atoms with Crippen LogP contribution in [0.2, 0.25) is 0 Å². The van der Waals surface area contributed by atoms with Gasteiger partial charge in [-0.1, -0.05) is 13.8 Å². The number of carbonyl (C=O) groups is 1. The number of primary sulfonamides is 1. The highest BCUT2D eigenvalue weighted by molar-refractivity contribution is 7.89. The van der Waals surface area contributed by atoms with Gasteiger partial charge < -0.3 is 4.90 Å². The van der Waals surface area contributed by atoms with Gasteiger partial charge in [-0.05, 0) is 48.9 Å². The molecule has 116 valence electrons. The molecule has 1 fully saturated rings. The van der Waals surface area contributed by atoms with E-state index < -0.39 is 10.0 Å². The second-order valence-electron chi connectivity index (χ2n) is 6.60. The quantitative estimate of drug-likeness (QED) is 0.905. The van der Waals surface area contributed by atoms with Crippen molar-refractivity contribution in [2.24, 2.45) is 10.6 Å². The first kappa shape index (κ1) is 16.0. The highest BCUT2D eigenvalue weighted by Crippen LogP contribution is 2.31. The molecule has 6 heteroatoms. The van der Waals surface area contributed by atoms with E-state index >= 15 is 0 Å². The Kier molecular flexibility index (Phi) is 3.88. The van der Waals surface area contributed by atoms with Crippen LogP contribution in [0.3, 0.4) is 0 Å². The highest BCUT2D eigenvalue weighted by atomic mass is 32.2.